The highest BCUT2D eigenvalue weighted by Crippen LogP contribution is 2.41. The van der Waals surface area contributed by atoms with E-state index in [-0.39, 0.29) is 17.4 Å². The molecule has 0 aromatic carbocycles. The fourth-order valence-corrected chi connectivity index (χ4v) is 4.22. The van der Waals surface area contributed by atoms with Gasteiger partial charge in [-0.1, -0.05) is 0 Å². The van der Waals surface area contributed by atoms with Gasteiger partial charge in [0.25, 0.3) is 0 Å². The van der Waals surface area contributed by atoms with Gasteiger partial charge in [-0.3, -0.25) is 9.69 Å². The summed E-state index contributed by atoms with van der Waals surface area (Å²) in [5, 5.41) is 6.04. The lowest BCUT2D eigenvalue weighted by atomic mass is 9.75. The van der Waals surface area contributed by atoms with Gasteiger partial charge in [0.15, 0.2) is 0 Å². The van der Waals surface area contributed by atoms with Crippen molar-refractivity contribution < 1.29 is 9.53 Å². The number of rotatable bonds is 3. The van der Waals surface area contributed by atoms with Crippen LogP contribution in [0.1, 0.15) is 23.5 Å². The maximum atomic E-state index is 12.3. The topological polar surface area (TPSA) is 54.5 Å². The molecule has 0 aliphatic carbocycles. The highest BCUT2D eigenvalue weighted by atomic mass is 32.1. The number of fused-ring (bicyclic) bond motifs is 1. The van der Waals surface area contributed by atoms with E-state index in [1.807, 2.05) is 6.92 Å². The fourth-order valence-electron chi connectivity index (χ4n) is 3.40. The van der Waals surface area contributed by atoms with E-state index in [2.05, 4.69) is 20.6 Å². The molecule has 1 N–H and O–H groups in total. The molecule has 2 atom stereocenters. The van der Waals surface area contributed by atoms with Gasteiger partial charge < -0.3 is 10.1 Å². The SMILES string of the molecule is CNC(=O)[C@@]12CCO[C@@H]1CCN(Cc1nc(C)cs1)C2. The van der Waals surface area contributed by atoms with E-state index in [1.54, 1.807) is 18.4 Å². The zero-order valence-electron chi connectivity index (χ0n) is 12.0. The third kappa shape index (κ3) is 2.36. The van der Waals surface area contributed by atoms with Crippen LogP contribution in [0, 0.1) is 12.3 Å². The van der Waals surface area contributed by atoms with E-state index >= 15 is 0 Å². The monoisotopic (exact) mass is 295 g/mol. The van der Waals surface area contributed by atoms with Crippen molar-refractivity contribution in [3.63, 3.8) is 0 Å². The van der Waals surface area contributed by atoms with Gasteiger partial charge >= 0.3 is 0 Å². The third-order valence-corrected chi connectivity index (χ3v) is 5.35. The average molecular weight is 295 g/mol. The Balaban J connectivity index is 1.74. The molecule has 0 radical (unpaired) electrons. The molecular formula is C14H21N3O2S. The second-order valence-corrected chi connectivity index (χ2v) is 6.67. The van der Waals surface area contributed by atoms with Crippen molar-refractivity contribution in [2.24, 2.45) is 5.41 Å². The molecule has 110 valence electrons. The molecule has 2 aliphatic heterocycles. The van der Waals surface area contributed by atoms with Crippen molar-refractivity contribution in [3.8, 4) is 0 Å². The minimum Gasteiger partial charge on any atom is -0.377 e. The van der Waals surface area contributed by atoms with Crippen LogP contribution in [-0.4, -0.2) is 48.6 Å². The molecule has 3 heterocycles. The van der Waals surface area contributed by atoms with Gasteiger partial charge in [0, 0.05) is 37.8 Å². The summed E-state index contributed by atoms with van der Waals surface area (Å²) >= 11 is 1.70. The van der Waals surface area contributed by atoms with Crippen LogP contribution in [0.3, 0.4) is 0 Å². The molecule has 0 saturated carbocycles. The Labute approximate surface area is 123 Å². The van der Waals surface area contributed by atoms with E-state index in [9.17, 15) is 4.79 Å². The molecule has 2 saturated heterocycles. The van der Waals surface area contributed by atoms with Crippen LogP contribution in [-0.2, 0) is 16.1 Å². The molecule has 2 aliphatic rings. The van der Waals surface area contributed by atoms with E-state index in [0.717, 1.165) is 43.2 Å². The van der Waals surface area contributed by atoms with Crippen LogP contribution >= 0.6 is 11.3 Å². The number of thiazole rings is 1. The van der Waals surface area contributed by atoms with Crippen LogP contribution in [0.25, 0.3) is 0 Å². The molecule has 2 fully saturated rings. The summed E-state index contributed by atoms with van der Waals surface area (Å²) in [7, 11) is 1.72. The summed E-state index contributed by atoms with van der Waals surface area (Å²) < 4.78 is 5.79. The number of aromatic nitrogens is 1. The molecule has 1 aromatic heterocycles. The second-order valence-electron chi connectivity index (χ2n) is 5.73. The fraction of sp³-hybridized carbons (Fsp3) is 0.714. The first-order valence-electron chi connectivity index (χ1n) is 7.11. The number of carbonyl (C=O) groups is 1. The van der Waals surface area contributed by atoms with Gasteiger partial charge in [0.2, 0.25) is 5.91 Å². The molecule has 0 unspecified atom stereocenters. The Morgan fingerprint density at radius 2 is 2.55 bits per heavy atom. The summed E-state index contributed by atoms with van der Waals surface area (Å²) in [5.74, 6) is 0.125. The smallest absolute Gasteiger partial charge is 0.229 e. The Hall–Kier alpha value is -0.980. The number of likely N-dealkylation sites (tertiary alicyclic amines) is 1. The minimum atomic E-state index is -0.362. The maximum absolute atomic E-state index is 12.3. The molecule has 5 nitrogen and oxygen atoms in total. The number of carbonyl (C=O) groups excluding carboxylic acids is 1. The predicted octanol–water partition coefficient (Wildman–Crippen LogP) is 1.18. The molecule has 1 amide bonds. The molecule has 0 bridgehead atoms. The lowest BCUT2D eigenvalue weighted by Gasteiger charge is -2.41. The molecule has 3 rings (SSSR count). The Morgan fingerprint density at radius 3 is 3.25 bits per heavy atom. The lowest BCUT2D eigenvalue weighted by molar-refractivity contribution is -0.139. The highest BCUT2D eigenvalue weighted by molar-refractivity contribution is 7.09. The van der Waals surface area contributed by atoms with Crippen LogP contribution in [0.15, 0.2) is 5.38 Å². The van der Waals surface area contributed by atoms with Gasteiger partial charge in [-0.15, -0.1) is 11.3 Å². The quantitative estimate of drug-likeness (QED) is 0.910. The summed E-state index contributed by atoms with van der Waals surface area (Å²) in [5.41, 5.74) is 0.712. The maximum Gasteiger partial charge on any atom is 0.229 e. The predicted molar refractivity (Wildman–Crippen MR) is 77.6 cm³/mol. The number of ether oxygens (including phenoxy) is 1. The Bertz CT molecular complexity index is 504. The van der Waals surface area contributed by atoms with Crippen molar-refractivity contribution in [1.82, 2.24) is 15.2 Å². The number of amides is 1. The molecular weight excluding hydrogens is 274 g/mol. The first-order valence-corrected chi connectivity index (χ1v) is 7.99. The second kappa shape index (κ2) is 5.42. The largest absolute Gasteiger partial charge is 0.377 e. The van der Waals surface area contributed by atoms with E-state index in [0.29, 0.717) is 6.61 Å². The zero-order chi connectivity index (χ0) is 14.2. The Morgan fingerprint density at radius 1 is 1.70 bits per heavy atom. The van der Waals surface area contributed by atoms with Gasteiger partial charge in [0.1, 0.15) is 5.01 Å². The number of aryl methyl sites for hydroxylation is 1. The molecule has 6 heteroatoms. The highest BCUT2D eigenvalue weighted by Gasteiger charge is 2.52. The van der Waals surface area contributed by atoms with Crippen molar-refractivity contribution in [3.05, 3.63) is 16.1 Å². The summed E-state index contributed by atoms with van der Waals surface area (Å²) in [4.78, 5) is 19.2. The summed E-state index contributed by atoms with van der Waals surface area (Å²) in [6, 6.07) is 0. The van der Waals surface area contributed by atoms with Crippen molar-refractivity contribution in [1.29, 1.82) is 0 Å². The van der Waals surface area contributed by atoms with Crippen molar-refractivity contribution >= 4 is 17.2 Å². The first-order chi connectivity index (χ1) is 9.64. The third-order valence-electron chi connectivity index (χ3n) is 4.40. The number of hydrogen-bond donors (Lipinski definition) is 1. The standard InChI is InChI=1S/C14H21N3O2S/c1-10-8-20-12(16-10)7-17-5-3-11-14(9-17,4-6-19-11)13(18)15-2/h8,11H,3-7,9H2,1-2H3,(H,15,18)/t11-,14-/m1/s1. The normalized spacial score (nSPS) is 30.2. The zero-order valence-corrected chi connectivity index (χ0v) is 12.8. The van der Waals surface area contributed by atoms with Crippen LogP contribution in [0.2, 0.25) is 0 Å². The van der Waals surface area contributed by atoms with E-state index in [4.69, 9.17) is 4.74 Å². The van der Waals surface area contributed by atoms with Crippen LogP contribution < -0.4 is 5.32 Å². The van der Waals surface area contributed by atoms with Gasteiger partial charge in [0.05, 0.1) is 18.1 Å². The average Bonchev–Trinajstić information content (AvgIpc) is 3.04. The number of nitrogens with zero attached hydrogens (tertiary/aromatic N) is 2. The van der Waals surface area contributed by atoms with E-state index in [1.165, 1.54) is 0 Å². The first kappa shape index (κ1) is 14.0. The summed E-state index contributed by atoms with van der Waals surface area (Å²) in [6.07, 6.45) is 1.83. The van der Waals surface area contributed by atoms with Gasteiger partial charge in [-0.25, -0.2) is 4.98 Å². The minimum absolute atomic E-state index is 0.0803. The number of nitrogens with one attached hydrogen (secondary N) is 1. The van der Waals surface area contributed by atoms with E-state index < -0.39 is 0 Å². The number of piperidine rings is 1. The molecule has 0 spiro atoms. The van der Waals surface area contributed by atoms with Crippen LogP contribution in [0.5, 0.6) is 0 Å². The number of hydrogen-bond acceptors (Lipinski definition) is 5. The molecule has 20 heavy (non-hydrogen) atoms. The summed E-state index contributed by atoms with van der Waals surface area (Å²) in [6.45, 7) is 5.30. The Kier molecular flexibility index (Phi) is 3.79. The van der Waals surface area contributed by atoms with Gasteiger partial charge in [-0.2, -0.15) is 0 Å². The van der Waals surface area contributed by atoms with Crippen molar-refractivity contribution in [2.75, 3.05) is 26.7 Å². The van der Waals surface area contributed by atoms with Crippen molar-refractivity contribution in [2.45, 2.75) is 32.4 Å². The molecule has 1 aromatic rings. The van der Waals surface area contributed by atoms with Gasteiger partial charge in [-0.05, 0) is 19.8 Å². The lowest BCUT2D eigenvalue weighted by Crippen LogP contribution is -2.56. The van der Waals surface area contributed by atoms with Crippen LogP contribution in [0.4, 0.5) is 0 Å².